The zero-order valence-electron chi connectivity index (χ0n) is 8.72. The Morgan fingerprint density at radius 1 is 1.50 bits per heavy atom. The number of rotatable bonds is 2. The third-order valence-corrected chi connectivity index (χ3v) is 2.27. The van der Waals surface area contributed by atoms with Crippen LogP contribution in [0.15, 0.2) is 18.3 Å². The smallest absolute Gasteiger partial charge is 0.288 e. The number of aromatic nitrogens is 1. The van der Waals surface area contributed by atoms with E-state index in [1.54, 1.807) is 11.1 Å². The molecule has 86 valence electrons. The molecule has 1 amide bonds. The summed E-state index contributed by atoms with van der Waals surface area (Å²) in [4.78, 5) is 15.5. The number of nitrogens with zero attached hydrogens (tertiary/aromatic N) is 2. The first-order valence-electron chi connectivity index (χ1n) is 5.05. The van der Waals surface area contributed by atoms with E-state index < -0.39 is 5.91 Å². The highest BCUT2D eigenvalue weighted by atomic mass is 16.5. The Balaban J connectivity index is 2.00. The molecule has 1 aliphatic rings. The molecular formula is C10H13N3O3. The number of pyridine rings is 1. The van der Waals surface area contributed by atoms with E-state index in [0.717, 1.165) is 0 Å². The van der Waals surface area contributed by atoms with Crippen LogP contribution in [0.5, 0.6) is 5.75 Å². The topological polar surface area (TPSA) is 74.7 Å². The second-order valence-corrected chi connectivity index (χ2v) is 3.41. The monoisotopic (exact) mass is 223 g/mol. The zero-order valence-corrected chi connectivity index (χ0v) is 8.72. The summed E-state index contributed by atoms with van der Waals surface area (Å²) in [6.45, 7) is 2.46. The summed E-state index contributed by atoms with van der Waals surface area (Å²) in [5.74, 6) is -0.520. The van der Waals surface area contributed by atoms with Gasteiger partial charge in [-0.1, -0.05) is 0 Å². The highest BCUT2D eigenvalue weighted by Crippen LogP contribution is 2.12. The van der Waals surface area contributed by atoms with Gasteiger partial charge in [0.25, 0.3) is 5.91 Å². The van der Waals surface area contributed by atoms with E-state index in [2.05, 4.69) is 10.4 Å². The van der Waals surface area contributed by atoms with Gasteiger partial charge in [0.2, 0.25) is 0 Å². The zero-order chi connectivity index (χ0) is 11.4. The van der Waals surface area contributed by atoms with Gasteiger partial charge in [-0.25, -0.2) is 9.99 Å². The standard InChI is InChI=1S/C10H13N3O3/c14-8-2-1-3-11-9(8)10(15)12-13-4-6-16-7-5-13/h1-3,14H,4-7H2,(H,12,15). The van der Waals surface area contributed by atoms with Crippen molar-refractivity contribution in [3.8, 4) is 5.75 Å². The van der Waals surface area contributed by atoms with Crippen molar-refractivity contribution in [2.75, 3.05) is 26.3 Å². The summed E-state index contributed by atoms with van der Waals surface area (Å²) in [5.41, 5.74) is 2.70. The molecular weight excluding hydrogens is 210 g/mol. The maximum atomic E-state index is 11.7. The molecule has 1 aromatic rings. The minimum atomic E-state index is -0.403. The van der Waals surface area contributed by atoms with Gasteiger partial charge in [0, 0.05) is 19.3 Å². The average Bonchev–Trinajstić information content (AvgIpc) is 2.31. The Kier molecular flexibility index (Phi) is 3.33. The van der Waals surface area contributed by atoms with Crippen LogP contribution >= 0.6 is 0 Å². The Bertz CT molecular complexity index is 377. The number of hydrazine groups is 1. The second-order valence-electron chi connectivity index (χ2n) is 3.41. The van der Waals surface area contributed by atoms with E-state index in [4.69, 9.17) is 4.74 Å². The van der Waals surface area contributed by atoms with Crippen LogP contribution in [-0.4, -0.2) is 47.3 Å². The van der Waals surface area contributed by atoms with Crippen LogP contribution in [0.1, 0.15) is 10.5 Å². The first-order valence-corrected chi connectivity index (χ1v) is 5.05. The van der Waals surface area contributed by atoms with Crippen LogP contribution < -0.4 is 5.43 Å². The molecule has 2 heterocycles. The van der Waals surface area contributed by atoms with Gasteiger partial charge >= 0.3 is 0 Å². The van der Waals surface area contributed by atoms with Crippen LogP contribution in [0.4, 0.5) is 0 Å². The molecule has 2 N–H and O–H groups in total. The molecule has 0 atom stereocenters. The first kappa shape index (κ1) is 10.8. The summed E-state index contributed by atoms with van der Waals surface area (Å²) in [6, 6.07) is 3.00. The largest absolute Gasteiger partial charge is 0.505 e. The Morgan fingerprint density at radius 3 is 2.94 bits per heavy atom. The first-order chi connectivity index (χ1) is 7.77. The maximum absolute atomic E-state index is 11.7. The number of hydrogen-bond acceptors (Lipinski definition) is 5. The van der Waals surface area contributed by atoms with Gasteiger partial charge in [0.15, 0.2) is 5.69 Å². The van der Waals surface area contributed by atoms with Gasteiger partial charge < -0.3 is 9.84 Å². The summed E-state index contributed by atoms with van der Waals surface area (Å²) < 4.78 is 5.15. The number of carbonyl (C=O) groups excluding carboxylic acids is 1. The number of nitrogens with one attached hydrogen (secondary N) is 1. The van der Waals surface area contributed by atoms with Crippen LogP contribution in [0.3, 0.4) is 0 Å². The number of ether oxygens (including phenoxy) is 1. The van der Waals surface area contributed by atoms with E-state index in [0.29, 0.717) is 26.3 Å². The Hall–Kier alpha value is -1.66. The van der Waals surface area contributed by atoms with Crippen molar-refractivity contribution < 1.29 is 14.6 Å². The maximum Gasteiger partial charge on any atom is 0.288 e. The molecule has 0 unspecified atom stereocenters. The molecule has 6 heteroatoms. The molecule has 16 heavy (non-hydrogen) atoms. The summed E-state index contributed by atoms with van der Waals surface area (Å²) >= 11 is 0. The number of carbonyl (C=O) groups is 1. The van der Waals surface area contributed by atoms with Crippen LogP contribution in [-0.2, 0) is 4.74 Å². The van der Waals surface area contributed by atoms with E-state index in [1.807, 2.05) is 0 Å². The van der Waals surface area contributed by atoms with Crippen molar-refractivity contribution >= 4 is 5.91 Å². The molecule has 0 saturated carbocycles. The van der Waals surface area contributed by atoms with Gasteiger partial charge in [-0.2, -0.15) is 0 Å². The van der Waals surface area contributed by atoms with Gasteiger partial charge in [-0.15, -0.1) is 0 Å². The van der Waals surface area contributed by atoms with Crippen molar-refractivity contribution in [2.24, 2.45) is 0 Å². The van der Waals surface area contributed by atoms with Crippen molar-refractivity contribution in [3.05, 3.63) is 24.0 Å². The fraction of sp³-hybridized carbons (Fsp3) is 0.400. The highest BCUT2D eigenvalue weighted by Gasteiger charge is 2.17. The van der Waals surface area contributed by atoms with E-state index in [-0.39, 0.29) is 11.4 Å². The molecule has 0 aliphatic carbocycles. The van der Waals surface area contributed by atoms with E-state index in [9.17, 15) is 9.90 Å². The van der Waals surface area contributed by atoms with Crippen LogP contribution in [0, 0.1) is 0 Å². The highest BCUT2D eigenvalue weighted by molar-refractivity contribution is 5.94. The van der Waals surface area contributed by atoms with Gasteiger partial charge in [0.1, 0.15) is 5.75 Å². The third-order valence-electron chi connectivity index (χ3n) is 2.27. The van der Waals surface area contributed by atoms with Crippen LogP contribution in [0.25, 0.3) is 0 Å². The number of hydrogen-bond donors (Lipinski definition) is 2. The fourth-order valence-corrected chi connectivity index (χ4v) is 1.44. The quantitative estimate of drug-likeness (QED) is 0.724. The summed E-state index contributed by atoms with van der Waals surface area (Å²) in [7, 11) is 0. The Labute approximate surface area is 92.8 Å². The lowest BCUT2D eigenvalue weighted by molar-refractivity contribution is 0.0124. The van der Waals surface area contributed by atoms with Gasteiger partial charge in [0.05, 0.1) is 13.2 Å². The number of aromatic hydroxyl groups is 1. The lowest BCUT2D eigenvalue weighted by Gasteiger charge is -2.26. The molecule has 2 rings (SSSR count). The fourth-order valence-electron chi connectivity index (χ4n) is 1.44. The van der Waals surface area contributed by atoms with Crippen molar-refractivity contribution in [1.29, 1.82) is 0 Å². The van der Waals surface area contributed by atoms with Crippen LogP contribution in [0.2, 0.25) is 0 Å². The molecule has 0 aromatic carbocycles. The number of morpholine rings is 1. The van der Waals surface area contributed by atoms with E-state index >= 15 is 0 Å². The molecule has 6 nitrogen and oxygen atoms in total. The normalized spacial score (nSPS) is 17.0. The lowest BCUT2D eigenvalue weighted by atomic mass is 10.3. The summed E-state index contributed by atoms with van der Waals surface area (Å²) in [6.07, 6.45) is 1.47. The predicted octanol–water partition coefficient (Wildman–Crippen LogP) is -0.236. The second kappa shape index (κ2) is 4.91. The number of amides is 1. The third kappa shape index (κ3) is 2.47. The Morgan fingerprint density at radius 2 is 2.25 bits per heavy atom. The van der Waals surface area contributed by atoms with Gasteiger partial charge in [-0.3, -0.25) is 10.2 Å². The predicted molar refractivity (Wildman–Crippen MR) is 55.8 cm³/mol. The minimum absolute atomic E-state index is 0.0361. The molecule has 0 radical (unpaired) electrons. The van der Waals surface area contributed by atoms with Crippen molar-refractivity contribution in [3.63, 3.8) is 0 Å². The van der Waals surface area contributed by atoms with Crippen molar-refractivity contribution in [2.45, 2.75) is 0 Å². The average molecular weight is 223 g/mol. The summed E-state index contributed by atoms with van der Waals surface area (Å²) in [5, 5.41) is 11.2. The lowest BCUT2D eigenvalue weighted by Crippen LogP contribution is -2.48. The van der Waals surface area contributed by atoms with Crippen molar-refractivity contribution in [1.82, 2.24) is 15.4 Å². The molecule has 1 saturated heterocycles. The molecule has 0 spiro atoms. The molecule has 1 aliphatic heterocycles. The van der Waals surface area contributed by atoms with Gasteiger partial charge in [-0.05, 0) is 12.1 Å². The minimum Gasteiger partial charge on any atom is -0.505 e. The molecule has 0 bridgehead atoms. The SMILES string of the molecule is O=C(NN1CCOCC1)c1ncccc1O. The molecule has 1 aromatic heterocycles. The molecule has 1 fully saturated rings. The van der Waals surface area contributed by atoms with E-state index in [1.165, 1.54) is 12.3 Å².